The number of benzene rings is 1. The van der Waals surface area contributed by atoms with Crippen molar-refractivity contribution in [1.82, 2.24) is 4.98 Å². The van der Waals surface area contributed by atoms with Crippen LogP contribution in [0.3, 0.4) is 0 Å². The maximum Gasteiger partial charge on any atom is 0.239 e. The molecule has 1 aromatic carbocycles. The van der Waals surface area contributed by atoms with Crippen molar-refractivity contribution in [3.63, 3.8) is 0 Å². The lowest BCUT2D eigenvalue weighted by Crippen LogP contribution is -2.22. The molecule has 0 fully saturated rings. The topological polar surface area (TPSA) is 42.0 Å². The first-order chi connectivity index (χ1) is 10.4. The van der Waals surface area contributed by atoms with Crippen molar-refractivity contribution < 1.29 is 4.79 Å². The molecule has 1 amide bonds. The Morgan fingerprint density at radius 1 is 1.45 bits per heavy atom. The van der Waals surface area contributed by atoms with Gasteiger partial charge in [-0.2, -0.15) is 0 Å². The van der Waals surface area contributed by atoms with E-state index in [1.54, 1.807) is 0 Å². The van der Waals surface area contributed by atoms with Crippen molar-refractivity contribution in [3.05, 3.63) is 22.7 Å². The Labute approximate surface area is 148 Å². The fraction of sp³-hybridized carbons (Fsp3) is 0.500. The third-order valence-corrected chi connectivity index (χ3v) is 5.45. The summed E-state index contributed by atoms with van der Waals surface area (Å²) in [5, 5.41) is 4.24. The standard InChI is InChI=1S/C16H20BrClN2OS/c1-4-5-6-12(17)15(21)20-16-19-14-11(9(2)3)7-10(18)8-13(14)22-16/h7-9,12H,4-6H2,1-3H3,(H,19,20,21)/t12-/m0/s1. The predicted octanol–water partition coefficient (Wildman–Crippen LogP) is 5.97. The quantitative estimate of drug-likeness (QED) is 0.604. The number of alkyl halides is 1. The molecule has 2 aromatic rings. The number of fused-ring (bicyclic) bond motifs is 1. The molecule has 0 bridgehead atoms. The molecule has 2 rings (SSSR count). The normalized spacial score (nSPS) is 12.8. The molecule has 1 N–H and O–H groups in total. The lowest BCUT2D eigenvalue weighted by Gasteiger charge is -2.08. The summed E-state index contributed by atoms with van der Waals surface area (Å²) in [6, 6.07) is 3.85. The number of thiazole rings is 1. The predicted molar refractivity (Wildman–Crippen MR) is 99.6 cm³/mol. The lowest BCUT2D eigenvalue weighted by atomic mass is 10.0. The Hall–Kier alpha value is -0.650. The number of halogens is 2. The van der Waals surface area contributed by atoms with Crippen LogP contribution < -0.4 is 5.32 Å². The summed E-state index contributed by atoms with van der Waals surface area (Å²) in [6.45, 7) is 6.34. The highest BCUT2D eigenvalue weighted by Gasteiger charge is 2.18. The second kappa shape index (κ2) is 7.75. The van der Waals surface area contributed by atoms with Crippen LogP contribution in [-0.4, -0.2) is 15.7 Å². The molecule has 6 heteroatoms. The third-order valence-electron chi connectivity index (χ3n) is 3.44. The van der Waals surface area contributed by atoms with E-state index in [2.05, 4.69) is 47.0 Å². The molecule has 1 aromatic heterocycles. The largest absolute Gasteiger partial charge is 0.301 e. The number of unbranched alkanes of at least 4 members (excludes halogenated alkanes) is 1. The number of nitrogens with one attached hydrogen (secondary N) is 1. The average molecular weight is 404 g/mol. The minimum atomic E-state index is -0.174. The van der Waals surface area contributed by atoms with Gasteiger partial charge in [0, 0.05) is 5.02 Å². The van der Waals surface area contributed by atoms with Gasteiger partial charge in [-0.05, 0) is 30.0 Å². The van der Waals surface area contributed by atoms with Gasteiger partial charge in [0.1, 0.15) is 0 Å². The maximum atomic E-state index is 12.2. The van der Waals surface area contributed by atoms with Gasteiger partial charge in [-0.15, -0.1) is 0 Å². The zero-order valence-electron chi connectivity index (χ0n) is 13.0. The lowest BCUT2D eigenvalue weighted by molar-refractivity contribution is -0.115. The number of hydrogen-bond donors (Lipinski definition) is 1. The van der Waals surface area contributed by atoms with Crippen molar-refractivity contribution in [2.24, 2.45) is 0 Å². The molecule has 0 aliphatic rings. The van der Waals surface area contributed by atoms with Crippen LogP contribution in [0.25, 0.3) is 10.2 Å². The van der Waals surface area contributed by atoms with Crippen LogP contribution in [0.15, 0.2) is 12.1 Å². The van der Waals surface area contributed by atoms with Gasteiger partial charge in [0.15, 0.2) is 5.13 Å². The Bertz CT molecular complexity index is 671. The van der Waals surface area contributed by atoms with Gasteiger partial charge in [-0.25, -0.2) is 4.98 Å². The van der Waals surface area contributed by atoms with E-state index < -0.39 is 0 Å². The van der Waals surface area contributed by atoms with Crippen LogP contribution in [0, 0.1) is 0 Å². The van der Waals surface area contributed by atoms with E-state index in [1.165, 1.54) is 11.3 Å². The summed E-state index contributed by atoms with van der Waals surface area (Å²) in [5.41, 5.74) is 2.04. The molecule has 3 nitrogen and oxygen atoms in total. The molecule has 120 valence electrons. The van der Waals surface area contributed by atoms with E-state index in [9.17, 15) is 4.79 Å². The Balaban J connectivity index is 2.23. The third kappa shape index (κ3) is 4.21. The van der Waals surface area contributed by atoms with Gasteiger partial charge in [-0.1, -0.05) is 72.5 Å². The monoisotopic (exact) mass is 402 g/mol. The molecule has 0 radical (unpaired) electrons. The maximum absolute atomic E-state index is 12.2. The molecule has 0 aliphatic carbocycles. The van der Waals surface area contributed by atoms with Gasteiger partial charge >= 0.3 is 0 Å². The number of hydrogen-bond acceptors (Lipinski definition) is 3. The number of carbonyl (C=O) groups is 1. The number of carbonyl (C=O) groups excluding carboxylic acids is 1. The summed E-state index contributed by atoms with van der Waals surface area (Å²) >= 11 is 11.1. The van der Waals surface area contributed by atoms with Crippen molar-refractivity contribution >= 4 is 60.1 Å². The molecule has 0 saturated carbocycles. The van der Waals surface area contributed by atoms with Crippen LogP contribution in [0.1, 0.15) is 51.5 Å². The van der Waals surface area contributed by atoms with Crippen LogP contribution in [0.4, 0.5) is 5.13 Å². The molecule has 0 saturated heterocycles. The second-order valence-electron chi connectivity index (χ2n) is 5.61. The van der Waals surface area contributed by atoms with Gasteiger partial charge in [0.25, 0.3) is 0 Å². The van der Waals surface area contributed by atoms with Crippen LogP contribution in [-0.2, 0) is 4.79 Å². The number of amides is 1. The molecular formula is C16H20BrClN2OS. The van der Waals surface area contributed by atoms with Crippen molar-refractivity contribution in [2.45, 2.75) is 50.8 Å². The Morgan fingerprint density at radius 2 is 2.18 bits per heavy atom. The average Bonchev–Trinajstić information content (AvgIpc) is 2.85. The summed E-state index contributed by atoms with van der Waals surface area (Å²) < 4.78 is 1.01. The smallest absolute Gasteiger partial charge is 0.239 e. The highest BCUT2D eigenvalue weighted by atomic mass is 79.9. The van der Waals surface area contributed by atoms with Crippen LogP contribution in [0.2, 0.25) is 5.02 Å². The number of anilines is 1. The molecule has 0 unspecified atom stereocenters. The van der Waals surface area contributed by atoms with E-state index in [0.29, 0.717) is 16.1 Å². The van der Waals surface area contributed by atoms with E-state index >= 15 is 0 Å². The molecular weight excluding hydrogens is 384 g/mol. The number of rotatable bonds is 6. The highest BCUT2D eigenvalue weighted by molar-refractivity contribution is 9.10. The van der Waals surface area contributed by atoms with E-state index in [0.717, 1.165) is 35.0 Å². The molecule has 1 heterocycles. The molecule has 22 heavy (non-hydrogen) atoms. The van der Waals surface area contributed by atoms with E-state index in [-0.39, 0.29) is 10.7 Å². The number of aromatic nitrogens is 1. The minimum Gasteiger partial charge on any atom is -0.301 e. The minimum absolute atomic E-state index is 0.0373. The van der Waals surface area contributed by atoms with Gasteiger partial charge in [0.05, 0.1) is 15.0 Å². The van der Waals surface area contributed by atoms with Gasteiger partial charge < -0.3 is 5.32 Å². The first-order valence-corrected chi connectivity index (χ1v) is 9.58. The second-order valence-corrected chi connectivity index (χ2v) is 8.19. The molecule has 1 atom stereocenters. The van der Waals surface area contributed by atoms with Gasteiger partial charge in [0.2, 0.25) is 5.91 Å². The van der Waals surface area contributed by atoms with Gasteiger partial charge in [-0.3, -0.25) is 4.79 Å². The number of nitrogens with zero attached hydrogens (tertiary/aromatic N) is 1. The highest BCUT2D eigenvalue weighted by Crippen LogP contribution is 2.34. The Morgan fingerprint density at radius 3 is 2.82 bits per heavy atom. The molecule has 0 spiro atoms. The zero-order chi connectivity index (χ0) is 16.3. The van der Waals surface area contributed by atoms with Crippen molar-refractivity contribution in [1.29, 1.82) is 0 Å². The SMILES string of the molecule is CCCC[C@H](Br)C(=O)Nc1nc2c(C(C)C)cc(Cl)cc2s1. The summed E-state index contributed by atoms with van der Waals surface area (Å²) in [4.78, 5) is 16.6. The fourth-order valence-electron chi connectivity index (χ4n) is 2.21. The van der Waals surface area contributed by atoms with E-state index in [4.69, 9.17) is 11.6 Å². The summed E-state index contributed by atoms with van der Waals surface area (Å²) in [7, 11) is 0. The fourth-order valence-corrected chi connectivity index (χ4v) is 3.88. The van der Waals surface area contributed by atoms with Crippen LogP contribution >= 0.6 is 38.9 Å². The zero-order valence-corrected chi connectivity index (χ0v) is 16.1. The summed E-state index contributed by atoms with van der Waals surface area (Å²) in [6.07, 6.45) is 2.93. The van der Waals surface area contributed by atoms with E-state index in [1.807, 2.05) is 12.1 Å². The van der Waals surface area contributed by atoms with Crippen molar-refractivity contribution in [2.75, 3.05) is 5.32 Å². The first-order valence-electron chi connectivity index (χ1n) is 7.47. The Kier molecular flexibility index (Phi) is 6.24. The van der Waals surface area contributed by atoms with Crippen LogP contribution in [0.5, 0.6) is 0 Å². The molecule has 0 aliphatic heterocycles. The summed E-state index contributed by atoms with van der Waals surface area (Å²) in [5.74, 6) is 0.296. The van der Waals surface area contributed by atoms with Crippen molar-refractivity contribution in [3.8, 4) is 0 Å². The first kappa shape index (κ1) is 17.7.